The SMILES string of the molecule is COCCn1c(SCC(=O)O)nc2sc3c(c2c1=O)CCC3. The third-order valence-electron chi connectivity index (χ3n) is 3.63. The molecule has 1 aliphatic carbocycles. The van der Waals surface area contributed by atoms with E-state index in [1.807, 2.05) is 0 Å². The monoisotopic (exact) mass is 340 g/mol. The van der Waals surface area contributed by atoms with Crippen LogP contribution in [0.1, 0.15) is 16.9 Å². The molecule has 3 rings (SSSR count). The lowest BCUT2D eigenvalue weighted by Gasteiger charge is -2.11. The first kappa shape index (κ1) is 15.5. The van der Waals surface area contributed by atoms with Crippen LogP contribution in [0.5, 0.6) is 0 Å². The van der Waals surface area contributed by atoms with E-state index in [9.17, 15) is 9.59 Å². The molecule has 0 aliphatic heterocycles. The summed E-state index contributed by atoms with van der Waals surface area (Å²) in [5.41, 5.74) is 1.06. The van der Waals surface area contributed by atoms with Crippen molar-refractivity contribution in [2.75, 3.05) is 19.5 Å². The Balaban J connectivity index is 2.12. The number of carboxylic acid groups (broad SMARTS) is 1. The van der Waals surface area contributed by atoms with Crippen molar-refractivity contribution in [3.05, 3.63) is 20.8 Å². The molecule has 0 aromatic carbocycles. The maximum Gasteiger partial charge on any atom is 0.313 e. The number of aromatic nitrogens is 2. The van der Waals surface area contributed by atoms with E-state index in [0.29, 0.717) is 23.7 Å². The summed E-state index contributed by atoms with van der Waals surface area (Å²) >= 11 is 2.64. The molecule has 8 heteroatoms. The highest BCUT2D eigenvalue weighted by molar-refractivity contribution is 7.99. The summed E-state index contributed by atoms with van der Waals surface area (Å²) in [5.74, 6) is -1.04. The number of hydrogen-bond donors (Lipinski definition) is 1. The van der Waals surface area contributed by atoms with Crippen LogP contribution in [0.3, 0.4) is 0 Å². The molecule has 0 spiro atoms. The first-order valence-electron chi connectivity index (χ1n) is 7.00. The molecule has 0 radical (unpaired) electrons. The Labute approximate surface area is 135 Å². The topological polar surface area (TPSA) is 81.4 Å². The number of fused-ring (bicyclic) bond motifs is 3. The van der Waals surface area contributed by atoms with Gasteiger partial charge in [-0.15, -0.1) is 11.3 Å². The van der Waals surface area contributed by atoms with E-state index in [-0.39, 0.29) is 11.3 Å². The highest BCUT2D eigenvalue weighted by atomic mass is 32.2. The molecule has 0 bridgehead atoms. The van der Waals surface area contributed by atoms with Gasteiger partial charge in [0.15, 0.2) is 5.16 Å². The van der Waals surface area contributed by atoms with Gasteiger partial charge in [-0.25, -0.2) is 4.98 Å². The van der Waals surface area contributed by atoms with E-state index in [4.69, 9.17) is 9.84 Å². The molecule has 1 N–H and O–H groups in total. The highest BCUT2D eigenvalue weighted by Crippen LogP contribution is 2.35. The molecular formula is C14H16N2O4S2. The summed E-state index contributed by atoms with van der Waals surface area (Å²) in [6, 6.07) is 0. The van der Waals surface area contributed by atoms with E-state index in [1.165, 1.54) is 4.88 Å². The van der Waals surface area contributed by atoms with Gasteiger partial charge >= 0.3 is 5.97 Å². The third-order valence-corrected chi connectivity index (χ3v) is 5.78. The minimum atomic E-state index is -0.925. The maximum atomic E-state index is 12.8. The van der Waals surface area contributed by atoms with Crippen molar-refractivity contribution in [2.24, 2.45) is 0 Å². The number of carboxylic acids is 1. The summed E-state index contributed by atoms with van der Waals surface area (Å²) in [6.45, 7) is 0.769. The Kier molecular flexibility index (Phi) is 4.51. The number of rotatable bonds is 6. The van der Waals surface area contributed by atoms with Crippen molar-refractivity contribution in [2.45, 2.75) is 31.0 Å². The molecule has 0 amide bonds. The van der Waals surface area contributed by atoms with Gasteiger partial charge in [0.25, 0.3) is 5.56 Å². The first-order valence-corrected chi connectivity index (χ1v) is 8.80. The number of carbonyl (C=O) groups is 1. The third kappa shape index (κ3) is 2.78. The van der Waals surface area contributed by atoms with E-state index in [1.54, 1.807) is 23.0 Å². The second-order valence-electron chi connectivity index (χ2n) is 5.06. The number of hydrogen-bond acceptors (Lipinski definition) is 6. The summed E-state index contributed by atoms with van der Waals surface area (Å²) in [5, 5.41) is 10.0. The summed E-state index contributed by atoms with van der Waals surface area (Å²) in [6.07, 6.45) is 3.02. The number of methoxy groups -OCH3 is 1. The predicted molar refractivity (Wildman–Crippen MR) is 86.1 cm³/mol. The zero-order valence-corrected chi connectivity index (χ0v) is 13.8. The zero-order valence-electron chi connectivity index (χ0n) is 12.1. The lowest BCUT2D eigenvalue weighted by Crippen LogP contribution is -2.25. The fraction of sp³-hybridized carbons (Fsp3) is 0.500. The molecule has 1 aliphatic rings. The van der Waals surface area contributed by atoms with Crippen LogP contribution >= 0.6 is 23.1 Å². The summed E-state index contributed by atoms with van der Waals surface area (Å²) < 4.78 is 6.60. The zero-order chi connectivity index (χ0) is 15.7. The van der Waals surface area contributed by atoms with Gasteiger partial charge in [-0.3, -0.25) is 14.2 Å². The maximum absolute atomic E-state index is 12.8. The summed E-state index contributed by atoms with van der Waals surface area (Å²) in [7, 11) is 1.57. The van der Waals surface area contributed by atoms with Crippen molar-refractivity contribution in [1.82, 2.24) is 9.55 Å². The Morgan fingerprint density at radius 3 is 3.05 bits per heavy atom. The molecule has 6 nitrogen and oxygen atoms in total. The number of aryl methyl sites for hydroxylation is 2. The van der Waals surface area contributed by atoms with Gasteiger partial charge in [0.1, 0.15) is 4.83 Å². The van der Waals surface area contributed by atoms with E-state index in [0.717, 1.165) is 41.4 Å². The first-order chi connectivity index (χ1) is 10.6. The predicted octanol–water partition coefficient (Wildman–Crippen LogP) is 1.77. The lowest BCUT2D eigenvalue weighted by atomic mass is 10.2. The molecule has 0 unspecified atom stereocenters. The van der Waals surface area contributed by atoms with Crippen molar-refractivity contribution >= 4 is 39.3 Å². The molecule has 0 atom stereocenters. The van der Waals surface area contributed by atoms with Gasteiger partial charge in [-0.2, -0.15) is 0 Å². The molecule has 2 aromatic heterocycles. The van der Waals surface area contributed by atoms with Gasteiger partial charge in [0.2, 0.25) is 0 Å². The fourth-order valence-corrected chi connectivity index (χ4v) is 4.72. The van der Waals surface area contributed by atoms with Crippen LogP contribution < -0.4 is 5.56 Å². The van der Waals surface area contributed by atoms with E-state index in [2.05, 4.69) is 4.98 Å². The number of ether oxygens (including phenoxy) is 1. The fourth-order valence-electron chi connectivity index (χ4n) is 2.67. The lowest BCUT2D eigenvalue weighted by molar-refractivity contribution is -0.133. The number of nitrogens with zero attached hydrogens (tertiary/aromatic N) is 2. The minimum absolute atomic E-state index is 0.0747. The smallest absolute Gasteiger partial charge is 0.313 e. The second-order valence-corrected chi connectivity index (χ2v) is 7.09. The molecule has 0 saturated carbocycles. The van der Waals surface area contributed by atoms with Crippen molar-refractivity contribution in [3.63, 3.8) is 0 Å². The van der Waals surface area contributed by atoms with Crippen molar-refractivity contribution in [1.29, 1.82) is 0 Å². The number of thioether (sulfide) groups is 1. The normalized spacial score (nSPS) is 13.7. The van der Waals surface area contributed by atoms with E-state index < -0.39 is 5.97 Å². The number of thiophene rings is 1. The highest BCUT2D eigenvalue weighted by Gasteiger charge is 2.23. The molecule has 0 fully saturated rings. The molecule has 118 valence electrons. The Bertz CT molecular complexity index is 781. The minimum Gasteiger partial charge on any atom is -0.481 e. The van der Waals surface area contributed by atoms with E-state index >= 15 is 0 Å². The van der Waals surface area contributed by atoms with Crippen LogP contribution in [0.4, 0.5) is 0 Å². The molecule has 2 aromatic rings. The Hall–Kier alpha value is -1.38. The van der Waals surface area contributed by atoms with Gasteiger partial charge in [0.05, 0.1) is 24.3 Å². The molecule has 2 heterocycles. The van der Waals surface area contributed by atoms with Crippen LogP contribution in [-0.2, 0) is 28.9 Å². The standard InChI is InChI=1S/C14H16N2O4S2/c1-20-6-5-16-13(19)11-8-3-2-4-9(8)22-12(11)15-14(16)21-7-10(17)18/h2-7H2,1H3,(H,17,18). The average molecular weight is 340 g/mol. The number of aliphatic carboxylic acids is 1. The molecule has 0 saturated heterocycles. The van der Waals surface area contributed by atoms with Gasteiger partial charge < -0.3 is 9.84 Å². The van der Waals surface area contributed by atoms with Gasteiger partial charge in [-0.1, -0.05) is 11.8 Å². The van der Waals surface area contributed by atoms with Crippen LogP contribution in [0.2, 0.25) is 0 Å². The van der Waals surface area contributed by atoms with Gasteiger partial charge in [-0.05, 0) is 24.8 Å². The van der Waals surface area contributed by atoms with Gasteiger partial charge in [0, 0.05) is 12.0 Å². The average Bonchev–Trinajstić information content (AvgIpc) is 3.04. The molecule has 22 heavy (non-hydrogen) atoms. The van der Waals surface area contributed by atoms with Crippen LogP contribution in [-0.4, -0.2) is 40.1 Å². The quantitative estimate of drug-likeness (QED) is 0.637. The molecular weight excluding hydrogens is 324 g/mol. The Morgan fingerprint density at radius 2 is 2.32 bits per heavy atom. The van der Waals surface area contributed by atoms with Crippen LogP contribution in [0, 0.1) is 0 Å². The summed E-state index contributed by atoms with van der Waals surface area (Å²) in [4.78, 5) is 30.2. The second kappa shape index (κ2) is 6.39. The van der Waals surface area contributed by atoms with Crippen LogP contribution in [0.15, 0.2) is 9.95 Å². The Morgan fingerprint density at radius 1 is 1.50 bits per heavy atom. The van der Waals surface area contributed by atoms with Crippen molar-refractivity contribution < 1.29 is 14.6 Å². The van der Waals surface area contributed by atoms with Crippen LogP contribution in [0.25, 0.3) is 10.2 Å². The van der Waals surface area contributed by atoms with Crippen molar-refractivity contribution in [3.8, 4) is 0 Å². The largest absolute Gasteiger partial charge is 0.481 e.